The second kappa shape index (κ2) is 10.7. The number of methoxy groups -OCH3 is 1. The van der Waals surface area contributed by atoms with Gasteiger partial charge in [-0.1, -0.05) is 5.21 Å². The third-order valence-electron chi connectivity index (χ3n) is 3.53. The van der Waals surface area contributed by atoms with Crippen LogP contribution in [0.25, 0.3) is 0 Å². The van der Waals surface area contributed by atoms with E-state index in [9.17, 15) is 0 Å². The average Bonchev–Trinajstić information content (AvgIpc) is 2.96. The summed E-state index contributed by atoms with van der Waals surface area (Å²) in [6, 6.07) is 0. The number of ether oxygens (including phenoxy) is 3. The average molecular weight is 315 g/mol. The van der Waals surface area contributed by atoms with Crippen LogP contribution >= 0.6 is 0 Å². The molecule has 0 fully saturated rings. The van der Waals surface area contributed by atoms with Gasteiger partial charge in [0, 0.05) is 26.3 Å². The van der Waals surface area contributed by atoms with Crippen LogP contribution in [0.5, 0.6) is 0 Å². The molecule has 0 aliphatic rings. The Labute approximate surface area is 133 Å². The van der Waals surface area contributed by atoms with Crippen LogP contribution in [0.15, 0.2) is 6.20 Å². The Kier molecular flexibility index (Phi) is 9.22. The lowest BCUT2D eigenvalue weighted by atomic mass is 10.3. The van der Waals surface area contributed by atoms with Gasteiger partial charge in [0.1, 0.15) is 6.54 Å². The first-order valence-electron chi connectivity index (χ1n) is 7.93. The number of aromatic nitrogens is 3. The van der Waals surface area contributed by atoms with Crippen LogP contribution < -0.4 is 0 Å². The van der Waals surface area contributed by atoms with E-state index in [1.165, 1.54) is 0 Å². The maximum atomic E-state index is 5.61. The smallest absolute Gasteiger partial charge is 0.102 e. The molecule has 1 aromatic heterocycles. The summed E-state index contributed by atoms with van der Waals surface area (Å²) in [5.74, 6) is 0. The summed E-state index contributed by atoms with van der Waals surface area (Å²) in [5, 5.41) is 8.24. The summed E-state index contributed by atoms with van der Waals surface area (Å²) in [5.41, 5.74) is 1.06. The van der Waals surface area contributed by atoms with Crippen molar-refractivity contribution >= 4 is 0 Å². The first-order valence-corrected chi connectivity index (χ1v) is 7.93. The van der Waals surface area contributed by atoms with E-state index in [0.29, 0.717) is 26.4 Å². The Morgan fingerprint density at radius 1 is 1.05 bits per heavy atom. The molecule has 0 atom stereocenters. The highest BCUT2D eigenvalue weighted by molar-refractivity contribution is 4.91. The topological polar surface area (TPSA) is 58.4 Å². The van der Waals surface area contributed by atoms with Crippen molar-refractivity contribution in [3.05, 3.63) is 11.9 Å². The Balaban J connectivity index is 2.07. The van der Waals surface area contributed by atoms with Gasteiger partial charge < -0.3 is 18.7 Å². The van der Waals surface area contributed by atoms with Crippen molar-refractivity contribution in [3.63, 3.8) is 0 Å². The third kappa shape index (κ3) is 8.43. The van der Waals surface area contributed by atoms with E-state index in [4.69, 9.17) is 14.2 Å². The van der Waals surface area contributed by atoms with Gasteiger partial charge in [0.2, 0.25) is 0 Å². The van der Waals surface area contributed by atoms with Gasteiger partial charge in [-0.2, -0.15) is 0 Å². The molecule has 1 rings (SSSR count). The minimum absolute atomic E-state index is 0.622. The van der Waals surface area contributed by atoms with Gasteiger partial charge in [-0.3, -0.25) is 4.68 Å². The molecule has 0 aromatic carbocycles. The van der Waals surface area contributed by atoms with Crippen molar-refractivity contribution in [2.75, 3.05) is 67.3 Å². The number of aryl methyl sites for hydroxylation is 1. The molecular weight excluding hydrogens is 284 g/mol. The SMILES string of the molecule is CCn1cc(CC[N+](C)(C)CCOCCOCCOC)nn1. The van der Waals surface area contributed by atoms with Crippen molar-refractivity contribution in [2.24, 2.45) is 0 Å². The first kappa shape index (κ1) is 19.0. The molecule has 1 aromatic rings. The van der Waals surface area contributed by atoms with Crippen LogP contribution in [0, 0.1) is 0 Å². The maximum Gasteiger partial charge on any atom is 0.102 e. The van der Waals surface area contributed by atoms with Gasteiger partial charge in [-0.05, 0) is 6.92 Å². The van der Waals surface area contributed by atoms with Crippen LogP contribution in [0.1, 0.15) is 12.6 Å². The minimum atomic E-state index is 0.622. The molecule has 7 heteroatoms. The van der Waals surface area contributed by atoms with Crippen molar-refractivity contribution in [1.29, 1.82) is 0 Å². The normalized spacial score (nSPS) is 12.0. The molecule has 1 heterocycles. The van der Waals surface area contributed by atoms with E-state index in [-0.39, 0.29) is 0 Å². The van der Waals surface area contributed by atoms with E-state index >= 15 is 0 Å². The minimum Gasteiger partial charge on any atom is -0.382 e. The molecule has 0 saturated carbocycles. The molecule has 0 amide bonds. The van der Waals surface area contributed by atoms with Gasteiger partial charge in [0.05, 0.1) is 59.4 Å². The van der Waals surface area contributed by atoms with Crippen molar-refractivity contribution in [3.8, 4) is 0 Å². The first-order chi connectivity index (χ1) is 10.6. The second-order valence-corrected chi connectivity index (χ2v) is 5.92. The van der Waals surface area contributed by atoms with Crippen molar-refractivity contribution < 1.29 is 18.7 Å². The third-order valence-corrected chi connectivity index (χ3v) is 3.53. The summed E-state index contributed by atoms with van der Waals surface area (Å²) in [6.45, 7) is 8.18. The fourth-order valence-electron chi connectivity index (χ4n) is 1.91. The number of hydrogen-bond acceptors (Lipinski definition) is 5. The monoisotopic (exact) mass is 315 g/mol. The van der Waals surface area contributed by atoms with Crippen LogP contribution in [0.4, 0.5) is 0 Å². The number of quaternary nitrogens is 1. The molecule has 0 spiro atoms. The molecule has 0 saturated heterocycles. The fraction of sp³-hybridized carbons (Fsp3) is 0.867. The summed E-state index contributed by atoms with van der Waals surface area (Å²) in [4.78, 5) is 0. The Bertz CT molecular complexity index is 396. The molecule has 0 aliphatic carbocycles. The van der Waals surface area contributed by atoms with E-state index in [2.05, 4.69) is 31.3 Å². The second-order valence-electron chi connectivity index (χ2n) is 5.92. The molecule has 0 aliphatic heterocycles. The van der Waals surface area contributed by atoms with E-state index in [1.54, 1.807) is 7.11 Å². The van der Waals surface area contributed by atoms with Crippen molar-refractivity contribution in [2.45, 2.75) is 19.9 Å². The standard InChI is InChI=1S/C15H31N4O3/c1-5-18-14-15(16-17-18)6-7-19(2,3)8-9-21-12-13-22-11-10-20-4/h14H,5-13H2,1-4H3/q+1. The Morgan fingerprint density at radius 3 is 2.36 bits per heavy atom. The van der Waals surface area contributed by atoms with E-state index in [0.717, 1.165) is 42.8 Å². The molecule has 22 heavy (non-hydrogen) atoms. The fourth-order valence-corrected chi connectivity index (χ4v) is 1.91. The van der Waals surface area contributed by atoms with Crippen LogP contribution in [-0.4, -0.2) is 86.8 Å². The molecule has 0 bridgehead atoms. The lowest BCUT2D eigenvalue weighted by molar-refractivity contribution is -0.890. The van der Waals surface area contributed by atoms with Gasteiger partial charge in [0.15, 0.2) is 0 Å². The molecular formula is C15H31N4O3+. The zero-order chi connectivity index (χ0) is 16.3. The van der Waals surface area contributed by atoms with Gasteiger partial charge in [0.25, 0.3) is 0 Å². The number of nitrogens with zero attached hydrogens (tertiary/aromatic N) is 4. The van der Waals surface area contributed by atoms with Crippen molar-refractivity contribution in [1.82, 2.24) is 15.0 Å². The van der Waals surface area contributed by atoms with E-state index < -0.39 is 0 Å². The summed E-state index contributed by atoms with van der Waals surface area (Å²) in [6.07, 6.45) is 2.96. The Morgan fingerprint density at radius 2 is 1.73 bits per heavy atom. The lowest BCUT2D eigenvalue weighted by Crippen LogP contribution is -2.44. The predicted octanol–water partition coefficient (Wildman–Crippen LogP) is 0.597. The van der Waals surface area contributed by atoms with Gasteiger partial charge in [-0.25, -0.2) is 0 Å². The molecule has 0 radical (unpaired) electrons. The zero-order valence-corrected chi connectivity index (χ0v) is 14.5. The highest BCUT2D eigenvalue weighted by Crippen LogP contribution is 2.02. The molecule has 0 unspecified atom stereocenters. The van der Waals surface area contributed by atoms with Gasteiger partial charge >= 0.3 is 0 Å². The Hall–Kier alpha value is -1.02. The lowest BCUT2D eigenvalue weighted by Gasteiger charge is -2.29. The maximum absolute atomic E-state index is 5.61. The number of hydrogen-bond donors (Lipinski definition) is 0. The van der Waals surface area contributed by atoms with Gasteiger partial charge in [-0.15, -0.1) is 5.10 Å². The zero-order valence-electron chi connectivity index (χ0n) is 14.5. The summed E-state index contributed by atoms with van der Waals surface area (Å²) >= 11 is 0. The molecule has 0 N–H and O–H groups in total. The quantitative estimate of drug-likeness (QED) is 0.394. The highest BCUT2D eigenvalue weighted by Gasteiger charge is 2.15. The van der Waals surface area contributed by atoms with Crippen LogP contribution in [0.2, 0.25) is 0 Å². The summed E-state index contributed by atoms with van der Waals surface area (Å²) < 4.78 is 18.6. The number of rotatable bonds is 13. The largest absolute Gasteiger partial charge is 0.382 e. The van der Waals surface area contributed by atoms with Crippen LogP contribution in [0.3, 0.4) is 0 Å². The highest BCUT2D eigenvalue weighted by atomic mass is 16.5. The predicted molar refractivity (Wildman–Crippen MR) is 84.8 cm³/mol. The van der Waals surface area contributed by atoms with E-state index in [1.807, 2.05) is 10.9 Å². The summed E-state index contributed by atoms with van der Waals surface area (Å²) in [7, 11) is 6.09. The number of likely N-dealkylation sites (N-methyl/N-ethyl adjacent to an activating group) is 1. The molecule has 128 valence electrons. The molecule has 7 nitrogen and oxygen atoms in total. The van der Waals surface area contributed by atoms with Crippen LogP contribution in [-0.2, 0) is 27.2 Å².